The summed E-state index contributed by atoms with van der Waals surface area (Å²) in [4.78, 5) is 3.27. The van der Waals surface area contributed by atoms with Crippen LogP contribution in [0.1, 0.15) is 61.1 Å². The Balaban J connectivity index is 1.71. The van der Waals surface area contributed by atoms with E-state index in [0.29, 0.717) is 5.56 Å². The third-order valence-corrected chi connectivity index (χ3v) is 4.92. The number of halogens is 3. The minimum absolute atomic E-state index is 0.0392. The molecule has 1 nitrogen and oxygen atoms in total. The van der Waals surface area contributed by atoms with Crippen LogP contribution in [0, 0.1) is 17.7 Å². The molecule has 0 unspecified atom stereocenters. The van der Waals surface area contributed by atoms with E-state index in [4.69, 9.17) is 0 Å². The van der Waals surface area contributed by atoms with Gasteiger partial charge in [0.15, 0.2) is 0 Å². The van der Waals surface area contributed by atoms with Gasteiger partial charge in [-0.05, 0) is 73.3 Å². The molecule has 0 spiro atoms. The first-order chi connectivity index (χ1) is 11.1. The lowest BCUT2D eigenvalue weighted by Gasteiger charge is -2.29. The van der Waals surface area contributed by atoms with Gasteiger partial charge in [0.2, 0.25) is 11.9 Å². The maximum absolute atomic E-state index is 14.2. The minimum atomic E-state index is -0.793. The Hall–Kier alpha value is -1.84. The van der Waals surface area contributed by atoms with Gasteiger partial charge in [0, 0.05) is 5.56 Å². The van der Waals surface area contributed by atoms with E-state index >= 15 is 0 Å². The van der Waals surface area contributed by atoms with Crippen molar-refractivity contribution in [2.45, 2.75) is 50.9 Å². The number of hydrogen-bond acceptors (Lipinski definition) is 1. The molecule has 1 aliphatic rings. The van der Waals surface area contributed by atoms with E-state index in [1.807, 2.05) is 19.1 Å². The van der Waals surface area contributed by atoms with Crippen molar-refractivity contribution in [3.63, 3.8) is 0 Å². The predicted molar refractivity (Wildman–Crippen MR) is 83.9 cm³/mol. The van der Waals surface area contributed by atoms with E-state index in [0.717, 1.165) is 43.2 Å². The average molecular weight is 319 g/mol. The molecule has 0 aliphatic heterocycles. The van der Waals surface area contributed by atoms with Crippen LogP contribution in [0.5, 0.6) is 0 Å². The van der Waals surface area contributed by atoms with Crippen LogP contribution in [-0.4, -0.2) is 4.98 Å². The second-order valence-corrected chi connectivity index (χ2v) is 6.27. The molecule has 4 heteroatoms. The molecule has 0 bridgehead atoms. The molecule has 1 fully saturated rings. The predicted octanol–water partition coefficient (Wildman–Crippen LogP) is 5.50. The van der Waals surface area contributed by atoms with Gasteiger partial charge in [-0.1, -0.05) is 19.1 Å². The summed E-state index contributed by atoms with van der Waals surface area (Å²) >= 11 is 0. The largest absolute Gasteiger partial charge is 0.218 e. The number of benzene rings is 1. The summed E-state index contributed by atoms with van der Waals surface area (Å²) in [6.45, 7) is 2.00. The SMILES string of the molecule is CCc1ccc([C@H]2CC[C@H](c3ccc(F)nc3F)CC2)c(F)c1. The van der Waals surface area contributed by atoms with Crippen LogP contribution >= 0.6 is 0 Å². The van der Waals surface area contributed by atoms with Crippen LogP contribution in [0.3, 0.4) is 0 Å². The molecule has 0 radical (unpaired) electrons. The average Bonchev–Trinajstić information content (AvgIpc) is 2.55. The second-order valence-electron chi connectivity index (χ2n) is 6.27. The fourth-order valence-corrected chi connectivity index (χ4v) is 3.56. The van der Waals surface area contributed by atoms with Crippen LogP contribution < -0.4 is 0 Å². The van der Waals surface area contributed by atoms with Gasteiger partial charge in [0.25, 0.3) is 0 Å². The molecule has 1 aliphatic carbocycles. The van der Waals surface area contributed by atoms with E-state index in [2.05, 4.69) is 4.98 Å². The molecule has 1 aromatic heterocycles. The van der Waals surface area contributed by atoms with Gasteiger partial charge < -0.3 is 0 Å². The summed E-state index contributed by atoms with van der Waals surface area (Å²) in [6, 6.07) is 8.17. The number of nitrogens with zero attached hydrogens (tertiary/aromatic N) is 1. The van der Waals surface area contributed by atoms with Crippen LogP contribution in [0.2, 0.25) is 0 Å². The fraction of sp³-hybridized carbons (Fsp3) is 0.421. The number of hydrogen-bond donors (Lipinski definition) is 0. The van der Waals surface area contributed by atoms with Gasteiger partial charge in [-0.2, -0.15) is 13.8 Å². The van der Waals surface area contributed by atoms with Gasteiger partial charge in [0.1, 0.15) is 5.82 Å². The third-order valence-electron chi connectivity index (χ3n) is 4.92. The minimum Gasteiger partial charge on any atom is -0.207 e. The fourth-order valence-electron chi connectivity index (χ4n) is 3.56. The molecule has 122 valence electrons. The standard InChI is InChI=1S/C19H20F3N/c1-2-12-3-8-15(17(20)11-12)13-4-6-14(7-5-13)16-9-10-18(21)23-19(16)22/h3,8-11,13-14H,2,4-7H2,1H3/t13-,14-. The molecule has 0 saturated heterocycles. The van der Waals surface area contributed by atoms with Gasteiger partial charge in [-0.25, -0.2) is 4.39 Å². The Morgan fingerprint density at radius 3 is 2.09 bits per heavy atom. The van der Waals surface area contributed by atoms with Crippen molar-refractivity contribution in [3.8, 4) is 0 Å². The Bertz CT molecular complexity index is 691. The topological polar surface area (TPSA) is 12.9 Å². The van der Waals surface area contributed by atoms with Crippen molar-refractivity contribution in [2.24, 2.45) is 0 Å². The molecular weight excluding hydrogens is 299 g/mol. The van der Waals surface area contributed by atoms with Crippen LogP contribution in [0.4, 0.5) is 13.2 Å². The van der Waals surface area contributed by atoms with Crippen LogP contribution in [0.15, 0.2) is 30.3 Å². The van der Waals surface area contributed by atoms with Gasteiger partial charge in [-0.3, -0.25) is 0 Å². The van der Waals surface area contributed by atoms with E-state index in [9.17, 15) is 13.2 Å². The highest BCUT2D eigenvalue weighted by Gasteiger charge is 2.27. The first-order valence-corrected chi connectivity index (χ1v) is 8.18. The molecule has 3 rings (SSSR count). The van der Waals surface area contributed by atoms with Crippen molar-refractivity contribution in [1.82, 2.24) is 4.98 Å². The van der Waals surface area contributed by atoms with E-state index in [1.165, 1.54) is 12.1 Å². The molecule has 0 amide bonds. The number of rotatable bonds is 3. The maximum Gasteiger partial charge on any atom is 0.218 e. The summed E-state index contributed by atoms with van der Waals surface area (Å²) in [5, 5.41) is 0. The highest BCUT2D eigenvalue weighted by molar-refractivity contribution is 5.28. The molecule has 0 N–H and O–H groups in total. The molecular formula is C19H20F3N. The van der Waals surface area contributed by atoms with Gasteiger partial charge in [0.05, 0.1) is 0 Å². The first-order valence-electron chi connectivity index (χ1n) is 8.18. The first kappa shape index (κ1) is 16.0. The summed E-state index contributed by atoms with van der Waals surface area (Å²) in [5.74, 6) is -1.43. The zero-order valence-corrected chi connectivity index (χ0v) is 13.2. The number of pyridine rings is 1. The number of aromatic nitrogens is 1. The maximum atomic E-state index is 14.2. The molecule has 1 aromatic carbocycles. The lowest BCUT2D eigenvalue weighted by atomic mass is 9.76. The smallest absolute Gasteiger partial charge is 0.207 e. The lowest BCUT2D eigenvalue weighted by molar-refractivity contribution is 0.374. The third kappa shape index (κ3) is 3.41. The van der Waals surface area contributed by atoms with Crippen LogP contribution in [0.25, 0.3) is 0 Å². The Labute approximate surface area is 134 Å². The van der Waals surface area contributed by atoms with E-state index in [-0.39, 0.29) is 17.7 Å². The zero-order chi connectivity index (χ0) is 16.4. The normalized spacial score (nSPS) is 21.4. The quantitative estimate of drug-likeness (QED) is 0.680. The highest BCUT2D eigenvalue weighted by atomic mass is 19.1. The Kier molecular flexibility index (Phi) is 4.69. The van der Waals surface area contributed by atoms with E-state index < -0.39 is 11.9 Å². The van der Waals surface area contributed by atoms with Gasteiger partial charge >= 0.3 is 0 Å². The number of aryl methyl sites for hydroxylation is 1. The monoisotopic (exact) mass is 319 g/mol. The molecule has 2 aromatic rings. The second kappa shape index (κ2) is 6.73. The summed E-state index contributed by atoms with van der Waals surface area (Å²) in [7, 11) is 0. The Morgan fingerprint density at radius 2 is 1.52 bits per heavy atom. The van der Waals surface area contributed by atoms with Crippen molar-refractivity contribution >= 4 is 0 Å². The summed E-state index contributed by atoms with van der Waals surface area (Å²) < 4.78 is 40.9. The van der Waals surface area contributed by atoms with Gasteiger partial charge in [-0.15, -0.1) is 0 Å². The van der Waals surface area contributed by atoms with Crippen molar-refractivity contribution < 1.29 is 13.2 Å². The molecule has 1 saturated carbocycles. The van der Waals surface area contributed by atoms with Crippen molar-refractivity contribution in [1.29, 1.82) is 0 Å². The molecule has 23 heavy (non-hydrogen) atoms. The van der Waals surface area contributed by atoms with Crippen molar-refractivity contribution in [3.05, 3.63) is 64.7 Å². The van der Waals surface area contributed by atoms with Crippen molar-refractivity contribution in [2.75, 3.05) is 0 Å². The molecule has 1 heterocycles. The zero-order valence-electron chi connectivity index (χ0n) is 13.2. The van der Waals surface area contributed by atoms with Crippen LogP contribution in [-0.2, 0) is 6.42 Å². The molecule has 0 atom stereocenters. The summed E-state index contributed by atoms with van der Waals surface area (Å²) in [5.41, 5.74) is 2.24. The summed E-state index contributed by atoms with van der Waals surface area (Å²) in [6.07, 6.45) is 3.97. The highest BCUT2D eigenvalue weighted by Crippen LogP contribution is 2.41. The lowest BCUT2D eigenvalue weighted by Crippen LogP contribution is -2.15. The van der Waals surface area contributed by atoms with E-state index in [1.54, 1.807) is 6.07 Å². The Morgan fingerprint density at radius 1 is 0.913 bits per heavy atom.